The largest absolute Gasteiger partial charge is 0.462 e. The standard InChI is InChI=1S/C21H26N2O4Si/c1-15-18-11-10-17(21(26)27-12-13-28(2,3)4)14-22(23(18)19(15)24)20(25)16-8-6-5-7-9-16/h5-11,14-15,18H,12-13H2,1-4H3/t15-,18+/m1/s1. The number of carbonyl (C=O) groups is 3. The van der Waals surface area contributed by atoms with Gasteiger partial charge >= 0.3 is 5.97 Å². The number of rotatable bonds is 5. The Hall–Kier alpha value is -2.67. The SMILES string of the molecule is C[C@H]1C(=O)N2[C@H]1C=CC(C(=O)OCC[Si](C)(C)C)=CN2C(=O)c1ccccc1. The maximum absolute atomic E-state index is 13.0. The van der Waals surface area contributed by atoms with Crippen molar-refractivity contribution in [2.45, 2.75) is 38.7 Å². The Kier molecular flexibility index (Phi) is 5.56. The number of ether oxygens (including phenoxy) is 1. The lowest BCUT2D eigenvalue weighted by molar-refractivity contribution is -0.170. The number of carbonyl (C=O) groups excluding carboxylic acids is 3. The van der Waals surface area contributed by atoms with Crippen molar-refractivity contribution >= 4 is 25.9 Å². The van der Waals surface area contributed by atoms with E-state index in [4.69, 9.17) is 4.74 Å². The van der Waals surface area contributed by atoms with Crippen molar-refractivity contribution < 1.29 is 19.1 Å². The van der Waals surface area contributed by atoms with Crippen LogP contribution in [0.5, 0.6) is 0 Å². The van der Waals surface area contributed by atoms with Crippen LogP contribution in [0.1, 0.15) is 17.3 Å². The van der Waals surface area contributed by atoms with Crippen LogP contribution in [0.2, 0.25) is 25.7 Å². The number of hydrogen-bond acceptors (Lipinski definition) is 4. The summed E-state index contributed by atoms with van der Waals surface area (Å²) in [7, 11) is -1.32. The van der Waals surface area contributed by atoms with Crippen molar-refractivity contribution in [1.82, 2.24) is 10.0 Å². The Morgan fingerprint density at radius 3 is 2.46 bits per heavy atom. The fraction of sp³-hybridized carbons (Fsp3) is 0.381. The maximum atomic E-state index is 13.0. The molecule has 2 amide bonds. The van der Waals surface area contributed by atoms with E-state index < -0.39 is 14.0 Å². The van der Waals surface area contributed by atoms with Gasteiger partial charge in [0.15, 0.2) is 0 Å². The van der Waals surface area contributed by atoms with Gasteiger partial charge in [0, 0.05) is 19.8 Å². The summed E-state index contributed by atoms with van der Waals surface area (Å²) >= 11 is 0. The second-order valence-electron chi connectivity index (χ2n) is 8.37. The van der Waals surface area contributed by atoms with Crippen LogP contribution < -0.4 is 0 Å². The number of benzene rings is 1. The van der Waals surface area contributed by atoms with Crippen LogP contribution in [-0.2, 0) is 14.3 Å². The summed E-state index contributed by atoms with van der Waals surface area (Å²) in [5.41, 5.74) is 0.701. The molecule has 2 aliphatic heterocycles. The number of β-lactam (4-membered cyclic amide) rings is 1. The first-order valence-corrected chi connectivity index (χ1v) is 13.2. The highest BCUT2D eigenvalue weighted by atomic mass is 28.3. The summed E-state index contributed by atoms with van der Waals surface area (Å²) in [6, 6.07) is 9.31. The molecule has 1 aromatic rings. The van der Waals surface area contributed by atoms with Gasteiger partial charge in [0.1, 0.15) is 0 Å². The number of nitrogens with zero attached hydrogens (tertiary/aromatic N) is 2. The molecular formula is C21H26N2O4Si. The van der Waals surface area contributed by atoms with E-state index in [0.29, 0.717) is 12.2 Å². The van der Waals surface area contributed by atoms with Crippen molar-refractivity contribution in [3.05, 3.63) is 59.8 Å². The van der Waals surface area contributed by atoms with Gasteiger partial charge in [-0.3, -0.25) is 9.59 Å². The quantitative estimate of drug-likeness (QED) is 0.434. The normalized spacial score (nSPS) is 21.4. The van der Waals surface area contributed by atoms with Gasteiger partial charge in [-0.25, -0.2) is 14.8 Å². The molecule has 2 heterocycles. The lowest BCUT2D eigenvalue weighted by Gasteiger charge is -2.47. The van der Waals surface area contributed by atoms with E-state index in [1.54, 1.807) is 36.4 Å². The molecule has 0 saturated carbocycles. The fourth-order valence-electron chi connectivity index (χ4n) is 3.09. The third-order valence-corrected chi connectivity index (χ3v) is 6.63. The number of hydrogen-bond donors (Lipinski definition) is 0. The second-order valence-corrected chi connectivity index (χ2v) is 14.0. The molecule has 1 fully saturated rings. The van der Waals surface area contributed by atoms with Crippen molar-refractivity contribution in [2.24, 2.45) is 5.92 Å². The van der Waals surface area contributed by atoms with Gasteiger partial charge in [0.05, 0.1) is 24.1 Å². The molecule has 148 valence electrons. The summed E-state index contributed by atoms with van der Waals surface area (Å²) < 4.78 is 5.43. The Bertz CT molecular complexity index is 842. The summed E-state index contributed by atoms with van der Waals surface area (Å²) in [5.74, 6) is -1.23. The molecule has 3 rings (SSSR count). The van der Waals surface area contributed by atoms with E-state index in [1.807, 2.05) is 13.0 Å². The summed E-state index contributed by atoms with van der Waals surface area (Å²) in [4.78, 5) is 38.0. The van der Waals surface area contributed by atoms with Crippen molar-refractivity contribution in [1.29, 1.82) is 0 Å². The minimum absolute atomic E-state index is 0.150. The molecule has 2 aliphatic rings. The predicted molar refractivity (Wildman–Crippen MR) is 109 cm³/mol. The van der Waals surface area contributed by atoms with E-state index in [0.717, 1.165) is 6.04 Å². The molecule has 0 radical (unpaired) electrons. The molecule has 0 aromatic heterocycles. The third kappa shape index (κ3) is 4.09. The second kappa shape index (κ2) is 7.75. The number of esters is 1. The highest BCUT2D eigenvalue weighted by Gasteiger charge is 2.48. The molecule has 0 unspecified atom stereocenters. The molecule has 0 bridgehead atoms. The van der Waals surface area contributed by atoms with E-state index >= 15 is 0 Å². The molecule has 0 spiro atoms. The smallest absolute Gasteiger partial charge is 0.339 e. The molecule has 0 aliphatic carbocycles. The zero-order valence-electron chi connectivity index (χ0n) is 16.7. The van der Waals surface area contributed by atoms with Crippen LogP contribution >= 0.6 is 0 Å². The van der Waals surface area contributed by atoms with Gasteiger partial charge in [0.25, 0.3) is 5.91 Å². The van der Waals surface area contributed by atoms with Crippen LogP contribution in [0.25, 0.3) is 0 Å². The van der Waals surface area contributed by atoms with Crippen LogP contribution in [-0.4, -0.2) is 48.5 Å². The number of amides is 2. The van der Waals surface area contributed by atoms with Crippen LogP contribution in [0.4, 0.5) is 0 Å². The Balaban J connectivity index is 1.85. The molecule has 1 saturated heterocycles. The molecule has 28 heavy (non-hydrogen) atoms. The monoisotopic (exact) mass is 398 g/mol. The van der Waals surface area contributed by atoms with Crippen molar-refractivity contribution in [3.63, 3.8) is 0 Å². The Labute approximate surface area is 166 Å². The molecule has 0 N–H and O–H groups in total. The fourth-order valence-corrected chi connectivity index (χ4v) is 3.81. The first-order chi connectivity index (χ1) is 13.2. The van der Waals surface area contributed by atoms with E-state index in [-0.39, 0.29) is 29.3 Å². The van der Waals surface area contributed by atoms with E-state index in [1.165, 1.54) is 16.2 Å². The molecule has 6 nitrogen and oxygen atoms in total. The highest BCUT2D eigenvalue weighted by Crippen LogP contribution is 2.33. The average Bonchev–Trinajstić information content (AvgIpc) is 2.84. The molecular weight excluding hydrogens is 372 g/mol. The zero-order chi connectivity index (χ0) is 20.5. The lowest BCUT2D eigenvalue weighted by Crippen LogP contribution is -2.65. The van der Waals surface area contributed by atoms with E-state index in [9.17, 15) is 14.4 Å². The minimum atomic E-state index is -1.32. The third-order valence-electron chi connectivity index (χ3n) is 4.93. The maximum Gasteiger partial charge on any atom is 0.339 e. The van der Waals surface area contributed by atoms with Crippen LogP contribution in [0.3, 0.4) is 0 Å². The Morgan fingerprint density at radius 2 is 1.82 bits per heavy atom. The van der Waals surface area contributed by atoms with Gasteiger partial charge in [0.2, 0.25) is 5.91 Å². The molecule has 7 heteroatoms. The topological polar surface area (TPSA) is 66.9 Å². The summed E-state index contributed by atoms with van der Waals surface area (Å²) in [6.45, 7) is 8.81. The molecule has 2 atom stereocenters. The first-order valence-electron chi connectivity index (χ1n) is 9.48. The van der Waals surface area contributed by atoms with Gasteiger partial charge in [-0.15, -0.1) is 0 Å². The summed E-state index contributed by atoms with van der Waals surface area (Å²) in [6.07, 6.45) is 4.85. The molecule has 1 aromatic carbocycles. The van der Waals surface area contributed by atoms with Crippen molar-refractivity contribution in [3.8, 4) is 0 Å². The minimum Gasteiger partial charge on any atom is -0.462 e. The number of hydrazine groups is 1. The highest BCUT2D eigenvalue weighted by molar-refractivity contribution is 6.76. The van der Waals surface area contributed by atoms with E-state index in [2.05, 4.69) is 19.6 Å². The Morgan fingerprint density at radius 1 is 1.14 bits per heavy atom. The lowest BCUT2D eigenvalue weighted by atomic mass is 9.90. The average molecular weight is 399 g/mol. The van der Waals surface area contributed by atoms with Gasteiger partial charge < -0.3 is 4.74 Å². The first kappa shape index (κ1) is 20.1. The predicted octanol–water partition coefficient (Wildman–Crippen LogP) is 3.23. The summed E-state index contributed by atoms with van der Waals surface area (Å²) in [5, 5.41) is 2.65. The van der Waals surface area contributed by atoms with Gasteiger partial charge in [-0.1, -0.05) is 50.8 Å². The zero-order valence-corrected chi connectivity index (χ0v) is 17.7. The number of fused-ring (bicyclic) bond motifs is 1. The van der Waals surface area contributed by atoms with Crippen LogP contribution in [0, 0.1) is 5.92 Å². The van der Waals surface area contributed by atoms with Crippen LogP contribution in [0.15, 0.2) is 54.3 Å². The van der Waals surface area contributed by atoms with Gasteiger partial charge in [-0.05, 0) is 24.3 Å². The van der Waals surface area contributed by atoms with Crippen molar-refractivity contribution in [2.75, 3.05) is 6.61 Å². The van der Waals surface area contributed by atoms with Gasteiger partial charge in [-0.2, -0.15) is 0 Å².